The molecule has 1 saturated carbocycles. The van der Waals surface area contributed by atoms with Crippen LogP contribution in [0, 0.1) is 5.92 Å². The van der Waals surface area contributed by atoms with Gasteiger partial charge in [-0.2, -0.15) is 0 Å². The first kappa shape index (κ1) is 12.6. The smallest absolute Gasteiger partial charge is 0.0294 e. The maximum absolute atomic E-state index is 5.87. The molecule has 1 aromatic rings. The fourth-order valence-electron chi connectivity index (χ4n) is 2.87. The predicted octanol–water partition coefficient (Wildman–Crippen LogP) is 2.85. The number of nitrogens with one attached hydrogen (secondary N) is 1. The topological polar surface area (TPSA) is 38.0 Å². The van der Waals surface area contributed by atoms with E-state index in [1.165, 1.54) is 31.2 Å². The summed E-state index contributed by atoms with van der Waals surface area (Å²) in [6.45, 7) is 3.07. The number of rotatable bonds is 4. The van der Waals surface area contributed by atoms with Crippen LogP contribution in [0.25, 0.3) is 0 Å². The summed E-state index contributed by atoms with van der Waals surface area (Å²) in [7, 11) is 0. The Morgan fingerprint density at radius 1 is 1.24 bits per heavy atom. The average Bonchev–Trinajstić information content (AvgIpc) is 2.40. The summed E-state index contributed by atoms with van der Waals surface area (Å²) in [5, 5.41) is 3.76. The van der Waals surface area contributed by atoms with E-state index in [2.05, 4.69) is 42.6 Å². The van der Waals surface area contributed by atoms with Crippen LogP contribution in [0.4, 0.5) is 0 Å². The molecule has 0 amide bonds. The van der Waals surface area contributed by atoms with Crippen LogP contribution in [0.3, 0.4) is 0 Å². The molecule has 17 heavy (non-hydrogen) atoms. The molecule has 94 valence electrons. The molecule has 0 aromatic heterocycles. The maximum Gasteiger partial charge on any atom is 0.0294 e. The van der Waals surface area contributed by atoms with Gasteiger partial charge in [0.1, 0.15) is 0 Å². The first-order valence-electron chi connectivity index (χ1n) is 6.82. The Balaban J connectivity index is 1.95. The minimum atomic E-state index is 0.424. The highest BCUT2D eigenvalue weighted by molar-refractivity contribution is 5.18. The van der Waals surface area contributed by atoms with Crippen LogP contribution in [0.1, 0.15) is 44.2 Å². The van der Waals surface area contributed by atoms with Crippen LogP contribution < -0.4 is 11.1 Å². The minimum absolute atomic E-state index is 0.424. The molecule has 1 fully saturated rings. The van der Waals surface area contributed by atoms with Crippen LogP contribution in [0.2, 0.25) is 0 Å². The molecule has 1 aromatic carbocycles. The van der Waals surface area contributed by atoms with Crippen molar-refractivity contribution in [3.63, 3.8) is 0 Å². The fraction of sp³-hybridized carbons (Fsp3) is 0.600. The lowest BCUT2D eigenvalue weighted by atomic mass is 9.84. The third-order valence-electron chi connectivity index (χ3n) is 3.98. The molecule has 2 nitrogen and oxygen atoms in total. The minimum Gasteiger partial charge on any atom is -0.330 e. The molecule has 3 unspecified atom stereocenters. The summed E-state index contributed by atoms with van der Waals surface area (Å²) >= 11 is 0. The highest BCUT2D eigenvalue weighted by atomic mass is 15.0. The van der Waals surface area contributed by atoms with Gasteiger partial charge in [0.15, 0.2) is 0 Å². The SMILES string of the molecule is CC(NC1CCCCC1CN)c1ccccc1. The van der Waals surface area contributed by atoms with Gasteiger partial charge in [-0.25, -0.2) is 0 Å². The van der Waals surface area contributed by atoms with E-state index in [0.717, 1.165) is 6.54 Å². The number of nitrogens with two attached hydrogens (primary N) is 1. The van der Waals surface area contributed by atoms with E-state index in [4.69, 9.17) is 5.73 Å². The molecule has 2 rings (SSSR count). The van der Waals surface area contributed by atoms with Crippen LogP contribution in [0.5, 0.6) is 0 Å². The van der Waals surface area contributed by atoms with Crippen molar-refractivity contribution in [1.29, 1.82) is 0 Å². The van der Waals surface area contributed by atoms with Gasteiger partial charge < -0.3 is 11.1 Å². The first-order valence-corrected chi connectivity index (χ1v) is 6.82. The van der Waals surface area contributed by atoms with E-state index in [1.807, 2.05) is 0 Å². The number of hydrogen-bond acceptors (Lipinski definition) is 2. The van der Waals surface area contributed by atoms with E-state index in [9.17, 15) is 0 Å². The van der Waals surface area contributed by atoms with Gasteiger partial charge in [-0.3, -0.25) is 0 Å². The van der Waals surface area contributed by atoms with E-state index in [1.54, 1.807) is 0 Å². The molecule has 3 N–H and O–H groups in total. The normalized spacial score (nSPS) is 26.7. The van der Waals surface area contributed by atoms with E-state index in [0.29, 0.717) is 18.0 Å². The molecule has 0 spiro atoms. The molecule has 3 atom stereocenters. The molecule has 0 saturated heterocycles. The molecule has 0 aliphatic heterocycles. The van der Waals surface area contributed by atoms with Crippen LogP contribution in [-0.4, -0.2) is 12.6 Å². The lowest BCUT2D eigenvalue weighted by molar-refractivity contribution is 0.252. The van der Waals surface area contributed by atoms with Crippen molar-refractivity contribution >= 4 is 0 Å². The van der Waals surface area contributed by atoms with Crippen molar-refractivity contribution in [1.82, 2.24) is 5.32 Å². The van der Waals surface area contributed by atoms with Crippen LogP contribution >= 0.6 is 0 Å². The summed E-state index contributed by atoms with van der Waals surface area (Å²) < 4.78 is 0. The van der Waals surface area contributed by atoms with Crippen LogP contribution in [0.15, 0.2) is 30.3 Å². The summed E-state index contributed by atoms with van der Waals surface area (Å²) in [4.78, 5) is 0. The van der Waals surface area contributed by atoms with Gasteiger partial charge in [0, 0.05) is 12.1 Å². The van der Waals surface area contributed by atoms with Crippen molar-refractivity contribution in [2.75, 3.05) is 6.54 Å². The van der Waals surface area contributed by atoms with E-state index >= 15 is 0 Å². The zero-order chi connectivity index (χ0) is 12.1. The van der Waals surface area contributed by atoms with Crippen molar-refractivity contribution in [3.8, 4) is 0 Å². The molecule has 1 aliphatic carbocycles. The predicted molar refractivity (Wildman–Crippen MR) is 72.8 cm³/mol. The highest BCUT2D eigenvalue weighted by Crippen LogP contribution is 2.26. The molecule has 1 aliphatic rings. The zero-order valence-corrected chi connectivity index (χ0v) is 10.7. The molecule has 0 bridgehead atoms. The van der Waals surface area contributed by atoms with Crippen molar-refractivity contribution in [2.45, 2.75) is 44.7 Å². The van der Waals surface area contributed by atoms with Gasteiger partial charge in [-0.05, 0) is 37.8 Å². The van der Waals surface area contributed by atoms with Gasteiger partial charge in [0.2, 0.25) is 0 Å². The average molecular weight is 232 g/mol. The monoisotopic (exact) mass is 232 g/mol. The quantitative estimate of drug-likeness (QED) is 0.837. The van der Waals surface area contributed by atoms with Crippen molar-refractivity contribution in [3.05, 3.63) is 35.9 Å². The van der Waals surface area contributed by atoms with Gasteiger partial charge >= 0.3 is 0 Å². The molecule has 0 radical (unpaired) electrons. The third-order valence-corrected chi connectivity index (χ3v) is 3.98. The molecule has 2 heteroatoms. The lowest BCUT2D eigenvalue weighted by Gasteiger charge is -2.33. The van der Waals surface area contributed by atoms with Crippen LogP contribution in [-0.2, 0) is 0 Å². The lowest BCUT2D eigenvalue weighted by Crippen LogP contribution is -2.42. The number of hydrogen-bond donors (Lipinski definition) is 2. The second kappa shape index (κ2) is 6.18. The Kier molecular flexibility index (Phi) is 4.57. The fourth-order valence-corrected chi connectivity index (χ4v) is 2.87. The van der Waals surface area contributed by atoms with E-state index in [-0.39, 0.29) is 0 Å². The Hall–Kier alpha value is -0.860. The maximum atomic E-state index is 5.87. The first-order chi connectivity index (χ1) is 8.31. The zero-order valence-electron chi connectivity index (χ0n) is 10.7. The second-order valence-corrected chi connectivity index (χ2v) is 5.19. The molecule has 0 heterocycles. The Labute approximate surface area is 105 Å². The van der Waals surface area contributed by atoms with Crippen molar-refractivity contribution in [2.24, 2.45) is 11.7 Å². The van der Waals surface area contributed by atoms with Gasteiger partial charge in [-0.1, -0.05) is 43.2 Å². The molecular weight excluding hydrogens is 208 g/mol. The van der Waals surface area contributed by atoms with Gasteiger partial charge in [-0.15, -0.1) is 0 Å². The summed E-state index contributed by atoms with van der Waals surface area (Å²) in [6.07, 6.45) is 5.25. The van der Waals surface area contributed by atoms with Gasteiger partial charge in [0.25, 0.3) is 0 Å². The summed E-state index contributed by atoms with van der Waals surface area (Å²) in [5.41, 5.74) is 7.24. The Bertz CT molecular complexity index is 323. The third kappa shape index (κ3) is 3.30. The highest BCUT2D eigenvalue weighted by Gasteiger charge is 2.24. The van der Waals surface area contributed by atoms with Crippen molar-refractivity contribution < 1.29 is 0 Å². The van der Waals surface area contributed by atoms with E-state index < -0.39 is 0 Å². The number of benzene rings is 1. The summed E-state index contributed by atoms with van der Waals surface area (Å²) in [6, 6.07) is 11.7. The Morgan fingerprint density at radius 3 is 2.65 bits per heavy atom. The summed E-state index contributed by atoms with van der Waals surface area (Å²) in [5.74, 6) is 0.662. The Morgan fingerprint density at radius 2 is 1.94 bits per heavy atom. The largest absolute Gasteiger partial charge is 0.330 e. The second-order valence-electron chi connectivity index (χ2n) is 5.19. The van der Waals surface area contributed by atoms with Gasteiger partial charge in [0.05, 0.1) is 0 Å². The molecular formula is C15H24N2. The standard InChI is InChI=1S/C15H24N2/c1-12(13-7-3-2-4-8-13)17-15-10-6-5-9-14(15)11-16/h2-4,7-8,12,14-15,17H,5-6,9-11,16H2,1H3.